The van der Waals surface area contributed by atoms with Gasteiger partial charge in [0.1, 0.15) is 0 Å². The van der Waals surface area contributed by atoms with Gasteiger partial charge in [-0.15, -0.1) is 0 Å². The largest absolute Gasteiger partial charge is 0.326 e. The maximum absolute atomic E-state index is 12.2. The lowest BCUT2D eigenvalue weighted by Gasteiger charge is -2.06. The second kappa shape index (κ2) is 18.9. The maximum atomic E-state index is 12.2. The molecule has 0 aliphatic carbocycles. The van der Waals surface area contributed by atoms with Crippen LogP contribution in [0.3, 0.4) is 0 Å². The van der Waals surface area contributed by atoms with Gasteiger partial charge < -0.3 is 5.32 Å². The molecule has 1 amide bonds. The van der Waals surface area contributed by atoms with E-state index >= 15 is 0 Å². The lowest BCUT2D eigenvalue weighted by atomic mass is 10.0. The zero-order valence-corrected chi connectivity index (χ0v) is 21.3. The minimum absolute atomic E-state index is 0.0911. The fourth-order valence-electron chi connectivity index (χ4n) is 4.10. The highest BCUT2D eigenvalue weighted by molar-refractivity contribution is 5.90. The molecule has 4 nitrogen and oxygen atoms in total. The Morgan fingerprint density at radius 1 is 0.588 bits per heavy atom. The van der Waals surface area contributed by atoms with Crippen molar-refractivity contribution in [2.75, 3.05) is 5.32 Å². The second-order valence-corrected chi connectivity index (χ2v) is 9.33. The van der Waals surface area contributed by atoms with E-state index in [0.717, 1.165) is 29.9 Å². The van der Waals surface area contributed by atoms with Crippen LogP contribution in [-0.2, 0) is 4.79 Å². The van der Waals surface area contributed by atoms with Gasteiger partial charge in [-0.3, -0.25) is 4.79 Å². The van der Waals surface area contributed by atoms with Crippen LogP contribution in [-0.4, -0.2) is 5.91 Å². The van der Waals surface area contributed by atoms with Gasteiger partial charge in [-0.2, -0.15) is 10.2 Å². The van der Waals surface area contributed by atoms with E-state index < -0.39 is 0 Å². The van der Waals surface area contributed by atoms with Crippen molar-refractivity contribution in [3.05, 3.63) is 54.6 Å². The summed E-state index contributed by atoms with van der Waals surface area (Å²) in [6.07, 6.45) is 20.6. The van der Waals surface area contributed by atoms with E-state index in [9.17, 15) is 4.79 Å². The molecular weight excluding hydrogens is 418 g/mol. The number of hydrogen-bond acceptors (Lipinski definition) is 3. The van der Waals surface area contributed by atoms with Crippen molar-refractivity contribution in [3.8, 4) is 0 Å². The summed E-state index contributed by atoms with van der Waals surface area (Å²) in [5, 5.41) is 11.4. The van der Waals surface area contributed by atoms with Crippen LogP contribution in [0.15, 0.2) is 64.8 Å². The van der Waals surface area contributed by atoms with Gasteiger partial charge in [0.25, 0.3) is 0 Å². The molecule has 0 fully saturated rings. The van der Waals surface area contributed by atoms with E-state index in [4.69, 9.17) is 0 Å². The summed E-state index contributed by atoms with van der Waals surface area (Å²) in [6.45, 7) is 2.28. The van der Waals surface area contributed by atoms with E-state index in [-0.39, 0.29) is 5.91 Å². The predicted octanol–water partition coefficient (Wildman–Crippen LogP) is 10.3. The Morgan fingerprint density at radius 3 is 1.53 bits per heavy atom. The van der Waals surface area contributed by atoms with Gasteiger partial charge in [-0.1, -0.05) is 115 Å². The van der Waals surface area contributed by atoms with Crippen LogP contribution in [0.25, 0.3) is 0 Å². The van der Waals surface area contributed by atoms with Crippen LogP contribution in [0, 0.1) is 0 Å². The Balaban J connectivity index is 1.43. The molecule has 0 saturated heterocycles. The number of nitrogens with one attached hydrogen (secondary N) is 1. The molecule has 0 bridgehead atoms. The molecule has 0 heterocycles. The molecule has 186 valence electrons. The fraction of sp³-hybridized carbons (Fsp3) is 0.567. The Kier molecular flexibility index (Phi) is 15.4. The molecule has 0 atom stereocenters. The van der Waals surface area contributed by atoms with Gasteiger partial charge in [0.15, 0.2) is 0 Å². The summed E-state index contributed by atoms with van der Waals surface area (Å²) in [5.74, 6) is 0.0911. The fourth-order valence-corrected chi connectivity index (χ4v) is 4.10. The minimum atomic E-state index is 0.0911. The van der Waals surface area contributed by atoms with Crippen molar-refractivity contribution in [1.82, 2.24) is 0 Å². The van der Waals surface area contributed by atoms with Crippen LogP contribution in [0.4, 0.5) is 17.1 Å². The second-order valence-electron chi connectivity index (χ2n) is 9.33. The van der Waals surface area contributed by atoms with E-state index in [1.807, 2.05) is 54.6 Å². The van der Waals surface area contributed by atoms with E-state index in [0.29, 0.717) is 6.42 Å². The van der Waals surface area contributed by atoms with Gasteiger partial charge in [-0.25, -0.2) is 0 Å². The van der Waals surface area contributed by atoms with Crippen LogP contribution in [0.5, 0.6) is 0 Å². The smallest absolute Gasteiger partial charge is 0.224 e. The molecule has 2 rings (SSSR count). The third-order valence-corrected chi connectivity index (χ3v) is 6.20. The van der Waals surface area contributed by atoms with Crippen molar-refractivity contribution in [3.63, 3.8) is 0 Å². The first-order valence-corrected chi connectivity index (χ1v) is 13.6. The number of amides is 1. The zero-order valence-electron chi connectivity index (χ0n) is 21.3. The van der Waals surface area contributed by atoms with Gasteiger partial charge in [0, 0.05) is 12.1 Å². The molecular formula is C30H45N3O. The Morgan fingerprint density at radius 2 is 1.03 bits per heavy atom. The third-order valence-electron chi connectivity index (χ3n) is 6.20. The monoisotopic (exact) mass is 463 g/mol. The lowest BCUT2D eigenvalue weighted by molar-refractivity contribution is -0.116. The normalized spacial score (nSPS) is 11.2. The topological polar surface area (TPSA) is 53.8 Å². The van der Waals surface area contributed by atoms with E-state index in [2.05, 4.69) is 22.5 Å². The summed E-state index contributed by atoms with van der Waals surface area (Å²) in [4.78, 5) is 12.2. The van der Waals surface area contributed by atoms with E-state index in [1.165, 1.54) is 83.5 Å². The predicted molar refractivity (Wildman–Crippen MR) is 145 cm³/mol. The standard InChI is InChI=1S/C30H45N3O/c1-2-3-4-5-6-7-8-9-10-11-12-13-14-15-19-22-30(34)31-27-23-25-29(26-24-27)33-32-28-20-17-16-18-21-28/h16-18,20-21,23-26H,2-15,19,22H2,1H3,(H,31,34)/b33-32+. The maximum Gasteiger partial charge on any atom is 0.224 e. The average Bonchev–Trinajstić information content (AvgIpc) is 2.86. The minimum Gasteiger partial charge on any atom is -0.326 e. The van der Waals surface area contributed by atoms with Gasteiger partial charge in [0.2, 0.25) is 5.91 Å². The molecule has 0 radical (unpaired) electrons. The molecule has 34 heavy (non-hydrogen) atoms. The summed E-state index contributed by atoms with van der Waals surface area (Å²) in [7, 11) is 0. The number of hydrogen-bond donors (Lipinski definition) is 1. The number of anilines is 1. The molecule has 2 aromatic carbocycles. The number of rotatable bonds is 19. The van der Waals surface area contributed by atoms with E-state index in [1.54, 1.807) is 0 Å². The molecule has 0 aliphatic rings. The molecule has 0 spiro atoms. The number of nitrogens with zero attached hydrogens (tertiary/aromatic N) is 2. The first-order valence-electron chi connectivity index (χ1n) is 13.6. The summed E-state index contributed by atoms with van der Waals surface area (Å²) < 4.78 is 0. The van der Waals surface area contributed by atoms with Crippen LogP contribution >= 0.6 is 0 Å². The molecule has 4 heteroatoms. The Labute approximate surface area is 207 Å². The highest BCUT2D eigenvalue weighted by Gasteiger charge is 2.03. The first-order chi connectivity index (χ1) is 16.8. The molecule has 2 aromatic rings. The molecule has 0 aliphatic heterocycles. The van der Waals surface area contributed by atoms with Crippen molar-refractivity contribution >= 4 is 23.0 Å². The highest BCUT2D eigenvalue weighted by Crippen LogP contribution is 2.20. The first kappa shape index (κ1) is 27.8. The number of carbonyl (C=O) groups excluding carboxylic acids is 1. The summed E-state index contributed by atoms with van der Waals surface area (Å²) >= 11 is 0. The van der Waals surface area contributed by atoms with Gasteiger partial charge in [0.05, 0.1) is 11.4 Å². The zero-order chi connectivity index (χ0) is 24.1. The number of unbranched alkanes of at least 4 members (excludes halogenated alkanes) is 14. The molecule has 1 N–H and O–H groups in total. The average molecular weight is 464 g/mol. The summed E-state index contributed by atoms with van der Waals surface area (Å²) in [6, 6.07) is 17.2. The quantitative estimate of drug-likeness (QED) is 0.163. The lowest BCUT2D eigenvalue weighted by Crippen LogP contribution is -2.10. The van der Waals surface area contributed by atoms with Crippen molar-refractivity contribution in [2.45, 2.75) is 110 Å². The number of benzene rings is 2. The van der Waals surface area contributed by atoms with Gasteiger partial charge >= 0.3 is 0 Å². The SMILES string of the molecule is CCCCCCCCCCCCCCCCCC(=O)Nc1ccc(/N=N/c2ccccc2)cc1. The van der Waals surface area contributed by atoms with Crippen LogP contribution in [0.2, 0.25) is 0 Å². The van der Waals surface area contributed by atoms with Crippen LogP contribution in [0.1, 0.15) is 110 Å². The highest BCUT2D eigenvalue weighted by atomic mass is 16.1. The molecule has 0 unspecified atom stereocenters. The Bertz CT molecular complexity index is 786. The number of carbonyl (C=O) groups is 1. The third kappa shape index (κ3) is 13.9. The summed E-state index contributed by atoms with van der Waals surface area (Å²) in [5.41, 5.74) is 2.40. The molecule has 0 aromatic heterocycles. The molecule has 0 saturated carbocycles. The van der Waals surface area contributed by atoms with Crippen LogP contribution < -0.4 is 5.32 Å². The Hall–Kier alpha value is -2.49. The van der Waals surface area contributed by atoms with Crippen molar-refractivity contribution in [2.24, 2.45) is 10.2 Å². The number of azo groups is 1. The van der Waals surface area contributed by atoms with Gasteiger partial charge in [-0.05, 0) is 42.8 Å². The van der Waals surface area contributed by atoms with Crippen molar-refractivity contribution < 1.29 is 4.79 Å². The van der Waals surface area contributed by atoms with Crippen molar-refractivity contribution in [1.29, 1.82) is 0 Å².